The SMILES string of the molecule is O=C(NCc1cccc(-n2cccc2)c1)c1ccc(-c2cc(C(F)(F)F)nn2-c2ccccc2Cl)cc1. The van der Waals surface area contributed by atoms with E-state index in [1.807, 2.05) is 53.4 Å². The molecule has 5 nitrogen and oxygen atoms in total. The van der Waals surface area contributed by atoms with Crippen LogP contribution in [0.5, 0.6) is 0 Å². The molecule has 0 spiro atoms. The standard InChI is InChI=1S/C28H20ClF3N4O/c29-23-8-1-2-9-24(23)36-25(17-26(34-36)28(30,31)32)20-10-12-21(13-11-20)27(37)33-18-19-6-5-7-22(16-19)35-14-3-4-15-35/h1-17H,18H2,(H,33,37). The average Bonchev–Trinajstić information content (AvgIpc) is 3.59. The number of nitrogens with one attached hydrogen (secondary N) is 1. The van der Waals surface area contributed by atoms with Crippen molar-refractivity contribution in [2.75, 3.05) is 0 Å². The molecule has 0 saturated carbocycles. The zero-order chi connectivity index (χ0) is 26.0. The first-order valence-electron chi connectivity index (χ1n) is 11.3. The summed E-state index contributed by atoms with van der Waals surface area (Å²) in [6, 6.07) is 25.5. The minimum absolute atomic E-state index is 0.203. The van der Waals surface area contributed by atoms with Crippen LogP contribution in [0.2, 0.25) is 5.02 Å². The number of para-hydroxylation sites is 1. The van der Waals surface area contributed by atoms with Crippen LogP contribution in [-0.2, 0) is 12.7 Å². The van der Waals surface area contributed by atoms with Gasteiger partial charge < -0.3 is 9.88 Å². The summed E-state index contributed by atoms with van der Waals surface area (Å²) >= 11 is 6.24. The van der Waals surface area contributed by atoms with Gasteiger partial charge in [0.15, 0.2) is 5.69 Å². The quantitative estimate of drug-likeness (QED) is 0.264. The molecule has 1 amide bonds. The number of hydrogen-bond acceptors (Lipinski definition) is 2. The Bertz CT molecular complexity index is 1540. The van der Waals surface area contributed by atoms with E-state index in [0.29, 0.717) is 23.4 Å². The van der Waals surface area contributed by atoms with Gasteiger partial charge in [0.05, 0.1) is 16.4 Å². The first-order chi connectivity index (χ1) is 17.8. The maximum absolute atomic E-state index is 13.4. The molecule has 186 valence electrons. The number of carbonyl (C=O) groups is 1. The molecule has 1 N–H and O–H groups in total. The van der Waals surface area contributed by atoms with Crippen LogP contribution in [0.3, 0.4) is 0 Å². The van der Waals surface area contributed by atoms with Gasteiger partial charge in [-0.3, -0.25) is 4.79 Å². The smallest absolute Gasteiger partial charge is 0.348 e. The van der Waals surface area contributed by atoms with E-state index in [-0.39, 0.29) is 16.6 Å². The van der Waals surface area contributed by atoms with E-state index in [0.717, 1.165) is 22.0 Å². The third-order valence-electron chi connectivity index (χ3n) is 5.79. The molecule has 0 aliphatic rings. The van der Waals surface area contributed by atoms with Gasteiger partial charge in [0, 0.05) is 35.8 Å². The van der Waals surface area contributed by atoms with Crippen LogP contribution >= 0.6 is 11.6 Å². The molecule has 2 aromatic heterocycles. The molecule has 0 fully saturated rings. The number of rotatable bonds is 6. The van der Waals surface area contributed by atoms with Crippen LogP contribution in [0.1, 0.15) is 21.6 Å². The Kier molecular flexibility index (Phi) is 6.58. The van der Waals surface area contributed by atoms with Crippen LogP contribution in [0.4, 0.5) is 13.2 Å². The van der Waals surface area contributed by atoms with Crippen molar-refractivity contribution in [2.45, 2.75) is 12.7 Å². The van der Waals surface area contributed by atoms with Crippen molar-refractivity contribution < 1.29 is 18.0 Å². The van der Waals surface area contributed by atoms with Gasteiger partial charge in [-0.15, -0.1) is 0 Å². The number of alkyl halides is 3. The van der Waals surface area contributed by atoms with Crippen LogP contribution in [-0.4, -0.2) is 20.3 Å². The number of hydrogen-bond donors (Lipinski definition) is 1. The molecule has 0 saturated heterocycles. The van der Waals surface area contributed by atoms with Gasteiger partial charge in [-0.2, -0.15) is 18.3 Å². The van der Waals surface area contributed by atoms with Crippen LogP contribution < -0.4 is 5.32 Å². The molecule has 0 aliphatic heterocycles. The molecule has 2 heterocycles. The van der Waals surface area contributed by atoms with Crippen molar-refractivity contribution in [3.8, 4) is 22.6 Å². The molecule has 0 bridgehead atoms. The fraction of sp³-hybridized carbons (Fsp3) is 0.0714. The predicted molar refractivity (Wildman–Crippen MR) is 136 cm³/mol. The summed E-state index contributed by atoms with van der Waals surface area (Å²) in [6.45, 7) is 0.323. The van der Waals surface area contributed by atoms with Gasteiger partial charge in [0.2, 0.25) is 0 Å². The van der Waals surface area contributed by atoms with E-state index in [1.54, 1.807) is 48.5 Å². The molecule has 0 aliphatic carbocycles. The molecule has 5 rings (SSSR count). The molecule has 0 unspecified atom stereocenters. The third kappa shape index (κ3) is 5.29. The number of aromatic nitrogens is 3. The molecule has 37 heavy (non-hydrogen) atoms. The second-order valence-electron chi connectivity index (χ2n) is 8.30. The number of nitrogens with zero attached hydrogens (tertiary/aromatic N) is 3. The molecule has 0 radical (unpaired) electrons. The lowest BCUT2D eigenvalue weighted by Gasteiger charge is -2.11. The van der Waals surface area contributed by atoms with E-state index in [9.17, 15) is 18.0 Å². The average molecular weight is 521 g/mol. The highest BCUT2D eigenvalue weighted by Crippen LogP contribution is 2.34. The Morgan fingerprint density at radius 1 is 0.892 bits per heavy atom. The Morgan fingerprint density at radius 3 is 2.32 bits per heavy atom. The maximum Gasteiger partial charge on any atom is 0.435 e. The van der Waals surface area contributed by atoms with Crippen molar-refractivity contribution >= 4 is 17.5 Å². The molecule has 9 heteroatoms. The van der Waals surface area contributed by atoms with Gasteiger partial charge in [-0.05, 0) is 60.2 Å². The van der Waals surface area contributed by atoms with Gasteiger partial charge in [0.25, 0.3) is 5.91 Å². The first kappa shape index (κ1) is 24.4. The van der Waals surface area contributed by atoms with Gasteiger partial charge in [0.1, 0.15) is 0 Å². The van der Waals surface area contributed by atoms with E-state index >= 15 is 0 Å². The summed E-state index contributed by atoms with van der Waals surface area (Å²) in [5.41, 5.74) is 2.23. The summed E-state index contributed by atoms with van der Waals surface area (Å²) in [5.74, 6) is -0.298. The minimum Gasteiger partial charge on any atom is -0.348 e. The summed E-state index contributed by atoms with van der Waals surface area (Å²) < 4.78 is 43.5. The topological polar surface area (TPSA) is 51.9 Å². The Labute approximate surface area is 215 Å². The van der Waals surface area contributed by atoms with Crippen molar-refractivity contribution in [2.24, 2.45) is 0 Å². The van der Waals surface area contributed by atoms with E-state index in [1.165, 1.54) is 0 Å². The number of carbonyl (C=O) groups excluding carboxylic acids is 1. The fourth-order valence-corrected chi connectivity index (χ4v) is 4.16. The summed E-state index contributed by atoms with van der Waals surface area (Å²) in [5, 5.41) is 6.91. The lowest BCUT2D eigenvalue weighted by atomic mass is 10.1. The van der Waals surface area contributed by atoms with Crippen molar-refractivity contribution in [3.63, 3.8) is 0 Å². The number of halogens is 4. The Balaban J connectivity index is 1.36. The summed E-state index contributed by atoms with van der Waals surface area (Å²) in [7, 11) is 0. The van der Waals surface area contributed by atoms with Crippen LogP contribution in [0, 0.1) is 0 Å². The highest BCUT2D eigenvalue weighted by atomic mass is 35.5. The first-order valence-corrected chi connectivity index (χ1v) is 11.7. The Morgan fingerprint density at radius 2 is 1.62 bits per heavy atom. The monoisotopic (exact) mass is 520 g/mol. The van der Waals surface area contributed by atoms with E-state index in [2.05, 4.69) is 10.4 Å². The van der Waals surface area contributed by atoms with Crippen molar-refractivity contribution in [3.05, 3.63) is 125 Å². The minimum atomic E-state index is -4.63. The zero-order valence-electron chi connectivity index (χ0n) is 19.3. The third-order valence-corrected chi connectivity index (χ3v) is 6.11. The maximum atomic E-state index is 13.4. The normalized spacial score (nSPS) is 11.5. The lowest BCUT2D eigenvalue weighted by Crippen LogP contribution is -2.22. The highest BCUT2D eigenvalue weighted by Gasteiger charge is 2.35. The van der Waals surface area contributed by atoms with Crippen LogP contribution in [0.15, 0.2) is 103 Å². The second-order valence-corrected chi connectivity index (χ2v) is 8.70. The zero-order valence-corrected chi connectivity index (χ0v) is 20.0. The fourth-order valence-electron chi connectivity index (χ4n) is 3.94. The Hall–Kier alpha value is -4.30. The van der Waals surface area contributed by atoms with E-state index < -0.39 is 11.9 Å². The molecule has 5 aromatic rings. The molecular weight excluding hydrogens is 501 g/mol. The van der Waals surface area contributed by atoms with Gasteiger partial charge >= 0.3 is 6.18 Å². The van der Waals surface area contributed by atoms with Crippen molar-refractivity contribution in [1.29, 1.82) is 0 Å². The highest BCUT2D eigenvalue weighted by molar-refractivity contribution is 6.32. The second kappa shape index (κ2) is 9.99. The number of amides is 1. The van der Waals surface area contributed by atoms with Crippen LogP contribution in [0.25, 0.3) is 22.6 Å². The van der Waals surface area contributed by atoms with Crippen molar-refractivity contribution in [1.82, 2.24) is 19.7 Å². The lowest BCUT2D eigenvalue weighted by molar-refractivity contribution is -0.141. The van der Waals surface area contributed by atoms with Gasteiger partial charge in [-0.1, -0.05) is 48.0 Å². The number of benzene rings is 3. The molecule has 0 atom stereocenters. The largest absolute Gasteiger partial charge is 0.435 e. The molecular formula is C28H20ClF3N4O. The predicted octanol–water partition coefficient (Wildman–Crippen LogP) is 6.93. The van der Waals surface area contributed by atoms with Gasteiger partial charge in [-0.25, -0.2) is 4.68 Å². The summed E-state index contributed by atoms with van der Waals surface area (Å²) in [4.78, 5) is 12.7. The van der Waals surface area contributed by atoms with E-state index in [4.69, 9.17) is 11.6 Å². The summed E-state index contributed by atoms with van der Waals surface area (Å²) in [6.07, 6.45) is -0.747. The molecule has 3 aromatic carbocycles.